The maximum absolute atomic E-state index is 11.6. The van der Waals surface area contributed by atoms with Gasteiger partial charge in [0, 0.05) is 78.0 Å². The van der Waals surface area contributed by atoms with E-state index in [1.165, 1.54) is 44.2 Å². The van der Waals surface area contributed by atoms with E-state index in [9.17, 15) is 8.42 Å². The first-order valence-corrected chi connectivity index (χ1v) is 14.3. The number of rotatable bonds is 9. The summed E-state index contributed by atoms with van der Waals surface area (Å²) in [5.41, 5.74) is 13.9. The molecule has 1 aromatic carbocycles. The van der Waals surface area contributed by atoms with Crippen LogP contribution in [0.5, 0.6) is 11.5 Å². The standard InChI is InChI=1S/C24H27Cl2N7O4S/c1-12-14(11-38(3,34)35)10-33(12)24-31-6-13(7-32-24)22(28)15-4-20(19(36-2)5-18(15)27)37-23(29)21-16(25)8-30-9-17(21)26/h4-9,12,14,23,28H,10-11,27,29H2,1-3H3/t12-,14-,23+/m1/s1. The van der Waals surface area contributed by atoms with Crippen molar-refractivity contribution in [1.82, 2.24) is 15.0 Å². The summed E-state index contributed by atoms with van der Waals surface area (Å²) in [5.74, 6) is 1.13. The summed E-state index contributed by atoms with van der Waals surface area (Å²) >= 11 is 12.4. The molecule has 3 aromatic rings. The molecule has 0 spiro atoms. The van der Waals surface area contributed by atoms with Gasteiger partial charge in [0.1, 0.15) is 9.84 Å². The van der Waals surface area contributed by atoms with Gasteiger partial charge in [-0.3, -0.25) is 16.1 Å². The fourth-order valence-corrected chi connectivity index (χ4v) is 5.96. The van der Waals surface area contributed by atoms with Crippen molar-refractivity contribution < 1.29 is 17.9 Å². The summed E-state index contributed by atoms with van der Waals surface area (Å²) in [6.45, 7) is 2.48. The van der Waals surface area contributed by atoms with Crippen LogP contribution >= 0.6 is 23.2 Å². The van der Waals surface area contributed by atoms with E-state index in [-0.39, 0.29) is 44.9 Å². The molecule has 0 radical (unpaired) electrons. The topological polar surface area (TPSA) is 170 Å². The van der Waals surface area contributed by atoms with Gasteiger partial charge in [-0.1, -0.05) is 23.2 Å². The molecular weight excluding hydrogens is 553 g/mol. The van der Waals surface area contributed by atoms with Crippen LogP contribution in [-0.4, -0.2) is 60.8 Å². The molecule has 5 N–H and O–H groups in total. The summed E-state index contributed by atoms with van der Waals surface area (Å²) in [6.07, 6.45) is 6.04. The number of aromatic nitrogens is 3. The molecular formula is C24H27Cl2N7O4S. The van der Waals surface area contributed by atoms with Gasteiger partial charge in [0.25, 0.3) is 0 Å². The second kappa shape index (κ2) is 10.9. The third-order valence-corrected chi connectivity index (χ3v) is 7.98. The number of halogens is 2. The van der Waals surface area contributed by atoms with Crippen molar-refractivity contribution in [1.29, 1.82) is 5.41 Å². The predicted octanol–water partition coefficient (Wildman–Crippen LogP) is 3.09. The molecule has 1 aliphatic rings. The van der Waals surface area contributed by atoms with E-state index in [2.05, 4.69) is 15.0 Å². The summed E-state index contributed by atoms with van der Waals surface area (Å²) in [6, 6.07) is 3.06. The van der Waals surface area contributed by atoms with Crippen molar-refractivity contribution in [3.05, 3.63) is 63.7 Å². The number of sulfone groups is 1. The lowest BCUT2D eigenvalue weighted by Gasteiger charge is -2.46. The van der Waals surface area contributed by atoms with Crippen molar-refractivity contribution in [2.24, 2.45) is 11.7 Å². The van der Waals surface area contributed by atoms with Crippen LogP contribution in [0.2, 0.25) is 10.0 Å². The van der Waals surface area contributed by atoms with Crippen LogP contribution in [0.1, 0.15) is 29.8 Å². The van der Waals surface area contributed by atoms with Crippen molar-refractivity contribution in [2.45, 2.75) is 19.2 Å². The summed E-state index contributed by atoms with van der Waals surface area (Å²) in [5, 5.41) is 9.22. The fraction of sp³-hybridized carbons (Fsp3) is 0.333. The zero-order chi connectivity index (χ0) is 27.8. The Balaban J connectivity index is 1.55. The van der Waals surface area contributed by atoms with Gasteiger partial charge in [-0.05, 0) is 13.0 Å². The number of methoxy groups -OCH3 is 1. The Hall–Kier alpha value is -3.19. The Morgan fingerprint density at radius 1 is 1.18 bits per heavy atom. The number of nitrogens with one attached hydrogen (secondary N) is 1. The van der Waals surface area contributed by atoms with Gasteiger partial charge in [0.05, 0.1) is 28.6 Å². The molecule has 0 saturated carbocycles. The first-order valence-electron chi connectivity index (χ1n) is 11.4. The van der Waals surface area contributed by atoms with Gasteiger partial charge in [0.15, 0.2) is 17.7 Å². The lowest BCUT2D eigenvalue weighted by molar-refractivity contribution is 0.204. The van der Waals surface area contributed by atoms with Gasteiger partial charge < -0.3 is 20.1 Å². The Morgan fingerprint density at radius 3 is 2.37 bits per heavy atom. The molecule has 202 valence electrons. The number of nitrogen functional groups attached to an aromatic ring is 1. The normalized spacial score (nSPS) is 18.0. The number of nitrogens with two attached hydrogens (primary N) is 2. The predicted molar refractivity (Wildman–Crippen MR) is 147 cm³/mol. The quantitative estimate of drug-likeness (QED) is 0.194. The molecule has 0 bridgehead atoms. The molecule has 38 heavy (non-hydrogen) atoms. The molecule has 11 nitrogen and oxygen atoms in total. The number of pyridine rings is 1. The number of hydrogen-bond acceptors (Lipinski definition) is 11. The number of benzene rings is 1. The highest BCUT2D eigenvalue weighted by Gasteiger charge is 2.38. The lowest BCUT2D eigenvalue weighted by Crippen LogP contribution is -2.57. The molecule has 0 aliphatic carbocycles. The van der Waals surface area contributed by atoms with E-state index < -0.39 is 16.1 Å². The first kappa shape index (κ1) is 27.8. The van der Waals surface area contributed by atoms with E-state index in [0.29, 0.717) is 34.9 Å². The number of ether oxygens (including phenoxy) is 2. The van der Waals surface area contributed by atoms with Crippen LogP contribution < -0.4 is 25.8 Å². The average molecular weight is 580 g/mol. The second-order valence-electron chi connectivity index (χ2n) is 9.04. The molecule has 0 unspecified atom stereocenters. The lowest BCUT2D eigenvalue weighted by atomic mass is 9.92. The van der Waals surface area contributed by atoms with Gasteiger partial charge in [-0.25, -0.2) is 18.4 Å². The Labute approximate surface area is 230 Å². The van der Waals surface area contributed by atoms with Crippen molar-refractivity contribution in [3.63, 3.8) is 0 Å². The summed E-state index contributed by atoms with van der Waals surface area (Å²) in [4.78, 5) is 14.6. The SMILES string of the molecule is COc1cc(N)c(C(=N)c2cnc(N3C[C@H](CS(C)(=O)=O)[C@H]3C)nc2)cc1O[C@H](N)c1c(Cl)cncc1Cl. The largest absolute Gasteiger partial charge is 0.493 e. The van der Waals surface area contributed by atoms with Crippen LogP contribution in [0.15, 0.2) is 36.9 Å². The highest BCUT2D eigenvalue weighted by Crippen LogP contribution is 2.37. The van der Waals surface area contributed by atoms with E-state index in [0.717, 1.165) is 0 Å². The monoisotopic (exact) mass is 579 g/mol. The Kier molecular flexibility index (Phi) is 7.98. The first-order chi connectivity index (χ1) is 17.9. The smallest absolute Gasteiger partial charge is 0.225 e. The molecule has 2 aromatic heterocycles. The molecule has 3 atom stereocenters. The second-order valence-corrected chi connectivity index (χ2v) is 12.0. The van der Waals surface area contributed by atoms with E-state index >= 15 is 0 Å². The summed E-state index contributed by atoms with van der Waals surface area (Å²) in [7, 11) is -1.61. The van der Waals surface area contributed by atoms with E-state index in [1.807, 2.05) is 11.8 Å². The minimum Gasteiger partial charge on any atom is -0.493 e. The van der Waals surface area contributed by atoms with Crippen LogP contribution in [0.3, 0.4) is 0 Å². The van der Waals surface area contributed by atoms with Crippen LogP contribution in [0, 0.1) is 11.3 Å². The number of anilines is 2. The van der Waals surface area contributed by atoms with Gasteiger partial charge >= 0.3 is 0 Å². The third-order valence-electron chi connectivity index (χ3n) is 6.34. The molecule has 14 heteroatoms. The van der Waals surface area contributed by atoms with Gasteiger partial charge in [-0.2, -0.15) is 0 Å². The Bertz CT molecular complexity index is 1450. The maximum atomic E-state index is 11.6. The van der Waals surface area contributed by atoms with E-state index in [1.54, 1.807) is 6.07 Å². The minimum absolute atomic E-state index is 0.0152. The molecule has 0 amide bonds. The zero-order valence-corrected chi connectivity index (χ0v) is 23.2. The summed E-state index contributed by atoms with van der Waals surface area (Å²) < 4.78 is 34.5. The van der Waals surface area contributed by atoms with E-state index in [4.69, 9.17) is 49.6 Å². The third kappa shape index (κ3) is 5.78. The minimum atomic E-state index is -3.06. The highest BCUT2D eigenvalue weighted by atomic mass is 35.5. The maximum Gasteiger partial charge on any atom is 0.225 e. The van der Waals surface area contributed by atoms with Crippen LogP contribution in [0.25, 0.3) is 0 Å². The zero-order valence-electron chi connectivity index (χ0n) is 20.9. The van der Waals surface area contributed by atoms with Gasteiger partial charge in [0.2, 0.25) is 5.95 Å². The number of hydrogen-bond donors (Lipinski definition) is 3. The fourth-order valence-electron chi connectivity index (χ4n) is 4.22. The average Bonchev–Trinajstić information content (AvgIpc) is 2.86. The van der Waals surface area contributed by atoms with Gasteiger partial charge in [-0.15, -0.1) is 0 Å². The Morgan fingerprint density at radius 2 is 1.82 bits per heavy atom. The number of nitrogens with zero attached hydrogens (tertiary/aromatic N) is 4. The molecule has 3 heterocycles. The highest BCUT2D eigenvalue weighted by molar-refractivity contribution is 7.90. The van der Waals surface area contributed by atoms with Crippen LogP contribution in [-0.2, 0) is 9.84 Å². The molecule has 4 rings (SSSR count). The van der Waals surface area contributed by atoms with Crippen LogP contribution in [0.4, 0.5) is 11.6 Å². The van der Waals surface area contributed by atoms with Crippen molar-refractivity contribution in [2.75, 3.05) is 36.3 Å². The molecule has 1 aliphatic heterocycles. The van der Waals surface area contributed by atoms with Crippen molar-refractivity contribution in [3.8, 4) is 11.5 Å². The molecule has 1 fully saturated rings. The van der Waals surface area contributed by atoms with Crippen molar-refractivity contribution >= 4 is 50.4 Å². The molecule has 1 saturated heterocycles.